The predicted molar refractivity (Wildman–Crippen MR) is 96.0 cm³/mol. The summed E-state index contributed by atoms with van der Waals surface area (Å²) in [5, 5.41) is 0. The first kappa shape index (κ1) is 20.1. The topological polar surface area (TPSA) is 18.5 Å². The minimum Gasteiger partial charge on any atom is -0.321 e. The average molecular weight is 343 g/mol. The van der Waals surface area contributed by atoms with E-state index in [0.717, 1.165) is 0 Å². The summed E-state index contributed by atoms with van der Waals surface area (Å²) in [6, 6.07) is 0. The molecule has 0 aromatic heterocycles. The van der Waals surface area contributed by atoms with Gasteiger partial charge in [0.15, 0.2) is 0 Å². The van der Waals surface area contributed by atoms with Crippen LogP contribution in [0.5, 0.6) is 0 Å². The van der Waals surface area contributed by atoms with Crippen LogP contribution in [0.4, 0.5) is 0 Å². The van der Waals surface area contributed by atoms with E-state index < -0.39 is 12.9 Å². The lowest BCUT2D eigenvalue weighted by molar-refractivity contribution is 0.155. The Morgan fingerprint density at radius 3 is 1.42 bits per heavy atom. The minimum atomic E-state index is -2.22. The minimum absolute atomic E-state index is 0.120. The first-order valence-electron chi connectivity index (χ1n) is 6.72. The van der Waals surface area contributed by atoms with E-state index in [0.29, 0.717) is 13.2 Å². The van der Waals surface area contributed by atoms with Crippen molar-refractivity contribution in [2.45, 2.75) is 61.2 Å². The lowest BCUT2D eigenvalue weighted by atomic mass is 9.99. The fourth-order valence-corrected chi connectivity index (χ4v) is 18.9. The van der Waals surface area contributed by atoms with Gasteiger partial charge >= 0.3 is 0 Å². The zero-order valence-electron chi connectivity index (χ0n) is 14.0. The van der Waals surface area contributed by atoms with Crippen molar-refractivity contribution in [1.82, 2.24) is 0 Å². The molecule has 0 N–H and O–H groups in total. The van der Waals surface area contributed by atoms with Gasteiger partial charge in [-0.25, -0.2) is 0 Å². The van der Waals surface area contributed by atoms with Gasteiger partial charge in [0.05, 0.1) is 13.2 Å². The van der Waals surface area contributed by atoms with E-state index in [1.54, 1.807) is 10.8 Å². The van der Waals surface area contributed by atoms with Gasteiger partial charge in [-0.2, -0.15) is 0 Å². The zero-order chi connectivity index (χ0) is 15.5. The summed E-state index contributed by atoms with van der Waals surface area (Å²) < 4.78 is 12.1. The van der Waals surface area contributed by atoms with Crippen LogP contribution in [0.3, 0.4) is 0 Å². The van der Waals surface area contributed by atoms with E-state index in [9.17, 15) is 0 Å². The average Bonchev–Trinajstić information content (AvgIpc) is 2.07. The Kier molecular flexibility index (Phi) is 7.35. The van der Waals surface area contributed by atoms with Crippen molar-refractivity contribution in [2.75, 3.05) is 13.2 Å². The van der Waals surface area contributed by atoms with Crippen LogP contribution in [-0.4, -0.2) is 20.4 Å². The third-order valence-corrected chi connectivity index (χ3v) is 15.9. The lowest BCUT2D eigenvalue weighted by Gasteiger charge is -2.32. The molecule has 0 spiro atoms. The maximum absolute atomic E-state index is 6.07. The molecule has 2 nitrogen and oxygen atoms in total. The maximum atomic E-state index is 6.07. The highest BCUT2D eigenvalue weighted by Crippen LogP contribution is 2.65. The fraction of sp³-hybridized carbons (Fsp3) is 1.00. The molecular formula is C13H31O2PS2Si. The summed E-state index contributed by atoms with van der Waals surface area (Å²) in [4.78, 5) is 0. The Morgan fingerprint density at radius 1 is 0.895 bits per heavy atom. The van der Waals surface area contributed by atoms with Crippen LogP contribution in [-0.2, 0) is 20.9 Å². The lowest BCUT2D eigenvalue weighted by Crippen LogP contribution is -2.20. The molecular weight excluding hydrogens is 311 g/mol. The molecule has 0 heterocycles. The van der Waals surface area contributed by atoms with E-state index in [1.165, 1.54) is 0 Å². The summed E-state index contributed by atoms with van der Waals surface area (Å²) >= 11 is 5.75. The van der Waals surface area contributed by atoms with Crippen LogP contribution in [0.25, 0.3) is 0 Å². The Morgan fingerprint density at radius 2 is 1.21 bits per heavy atom. The van der Waals surface area contributed by atoms with Gasteiger partial charge in [0, 0.05) is 0 Å². The largest absolute Gasteiger partial charge is 0.321 e. The molecule has 0 aliphatic rings. The van der Waals surface area contributed by atoms with Crippen molar-refractivity contribution >= 4 is 35.6 Å². The molecule has 0 aliphatic heterocycles. The molecule has 0 bridgehead atoms. The monoisotopic (exact) mass is 342 g/mol. The van der Waals surface area contributed by atoms with Crippen molar-refractivity contribution in [3.8, 4) is 0 Å². The standard InChI is InChI=1S/C13H31O2PS2Si/c1-12(2,3)10-14-16(17,18-19(7,8)9)15-11-13(4,5)6/h10-11H2,1-9H3. The second-order valence-corrected chi connectivity index (χ2v) is 23.6. The zero-order valence-corrected chi connectivity index (χ0v) is 17.5. The Labute approximate surface area is 130 Å². The SMILES string of the molecule is CC(C)(C)COP(=S)(OCC(C)(C)C)S[Si](C)(C)C. The van der Waals surface area contributed by atoms with Crippen molar-refractivity contribution in [3.63, 3.8) is 0 Å². The summed E-state index contributed by atoms with van der Waals surface area (Å²) in [6.45, 7) is 21.2. The summed E-state index contributed by atoms with van der Waals surface area (Å²) in [7, 11) is 0.433. The Balaban J connectivity index is 4.78. The Hall–Kier alpha value is 1.14. The van der Waals surface area contributed by atoms with Crippen LogP contribution >= 0.6 is 16.5 Å². The van der Waals surface area contributed by atoms with Gasteiger partial charge in [-0.15, -0.1) is 0 Å². The second kappa shape index (κ2) is 6.93. The molecule has 0 amide bonds. The maximum Gasteiger partial charge on any atom is 0.241 e. The fourth-order valence-electron chi connectivity index (χ4n) is 0.971. The van der Waals surface area contributed by atoms with Crippen molar-refractivity contribution in [2.24, 2.45) is 10.8 Å². The van der Waals surface area contributed by atoms with E-state index >= 15 is 0 Å². The van der Waals surface area contributed by atoms with E-state index in [1.807, 2.05) is 0 Å². The van der Waals surface area contributed by atoms with E-state index in [-0.39, 0.29) is 10.8 Å². The van der Waals surface area contributed by atoms with E-state index in [4.69, 9.17) is 20.9 Å². The second-order valence-electron chi connectivity index (χ2n) is 8.32. The van der Waals surface area contributed by atoms with Gasteiger partial charge in [-0.1, -0.05) is 72.0 Å². The van der Waals surface area contributed by atoms with E-state index in [2.05, 4.69) is 61.2 Å². The first-order valence-corrected chi connectivity index (χ1v) is 15.0. The molecule has 6 heteroatoms. The van der Waals surface area contributed by atoms with Crippen molar-refractivity contribution < 1.29 is 9.05 Å². The van der Waals surface area contributed by atoms with Crippen LogP contribution in [0.15, 0.2) is 0 Å². The molecule has 0 aromatic carbocycles. The molecule has 0 atom stereocenters. The smallest absolute Gasteiger partial charge is 0.241 e. The summed E-state index contributed by atoms with van der Waals surface area (Å²) in [6.07, 6.45) is 0. The van der Waals surface area contributed by atoms with Gasteiger partial charge < -0.3 is 9.05 Å². The molecule has 0 unspecified atom stereocenters. The highest BCUT2D eigenvalue weighted by Gasteiger charge is 2.31. The van der Waals surface area contributed by atoms with Gasteiger partial charge in [0.2, 0.25) is 5.69 Å². The quantitative estimate of drug-likeness (QED) is 0.441. The number of hydrogen-bond acceptors (Lipinski definition) is 4. The molecule has 0 radical (unpaired) electrons. The highest BCUT2D eigenvalue weighted by molar-refractivity contribution is 8.79. The third-order valence-electron chi connectivity index (χ3n) is 1.70. The van der Waals surface area contributed by atoms with Gasteiger partial charge in [-0.3, -0.25) is 0 Å². The van der Waals surface area contributed by atoms with Crippen LogP contribution in [0.2, 0.25) is 19.6 Å². The number of rotatable bonds is 6. The molecule has 116 valence electrons. The Bertz CT molecular complexity index is 305. The van der Waals surface area contributed by atoms with Crippen LogP contribution < -0.4 is 0 Å². The van der Waals surface area contributed by atoms with Crippen LogP contribution in [0.1, 0.15) is 41.5 Å². The molecule has 0 aliphatic carbocycles. The summed E-state index contributed by atoms with van der Waals surface area (Å²) in [5.74, 6) is 0. The highest BCUT2D eigenvalue weighted by atomic mass is 33.0. The van der Waals surface area contributed by atoms with Gasteiger partial charge in [0.1, 0.15) is 7.22 Å². The normalized spacial score (nSPS) is 14.8. The molecule has 0 rings (SSSR count). The van der Waals surface area contributed by atoms with Crippen molar-refractivity contribution in [1.29, 1.82) is 0 Å². The number of hydrogen-bond donors (Lipinski definition) is 0. The summed E-state index contributed by atoms with van der Waals surface area (Å²) in [5.41, 5.74) is -1.98. The first-order chi connectivity index (χ1) is 8.12. The predicted octanol–water partition coefficient (Wildman–Crippen LogP) is 5.90. The molecule has 0 fully saturated rings. The molecule has 0 saturated carbocycles. The van der Waals surface area contributed by atoms with Gasteiger partial charge in [-0.05, 0) is 22.6 Å². The van der Waals surface area contributed by atoms with Crippen molar-refractivity contribution in [3.05, 3.63) is 0 Å². The third kappa shape index (κ3) is 12.6. The molecule has 19 heavy (non-hydrogen) atoms. The van der Waals surface area contributed by atoms with Crippen LogP contribution in [0, 0.1) is 10.8 Å². The van der Waals surface area contributed by atoms with Gasteiger partial charge in [0.25, 0.3) is 0 Å². The molecule has 0 saturated heterocycles. The molecule has 0 aromatic rings.